The van der Waals surface area contributed by atoms with Crippen molar-refractivity contribution in [2.75, 3.05) is 6.54 Å². The van der Waals surface area contributed by atoms with Crippen LogP contribution in [0.4, 0.5) is 0 Å². The molecule has 3 nitrogen and oxygen atoms in total. The van der Waals surface area contributed by atoms with Crippen LogP contribution in [0.1, 0.15) is 18.4 Å². The van der Waals surface area contributed by atoms with E-state index in [1.54, 1.807) is 0 Å². The van der Waals surface area contributed by atoms with Crippen LogP contribution < -0.4 is 5.73 Å². The average molecular weight is 222 g/mol. The Bertz CT molecular complexity index is 514. The van der Waals surface area contributed by atoms with Crippen LogP contribution in [-0.4, -0.2) is 16.7 Å². The fourth-order valence-electron chi connectivity index (χ4n) is 2.21. The molecule has 0 saturated heterocycles. The minimum atomic E-state index is 0.160. The summed E-state index contributed by atoms with van der Waals surface area (Å²) in [5.74, 6) is 0. The zero-order valence-electron chi connectivity index (χ0n) is 8.26. The van der Waals surface area contributed by atoms with Crippen molar-refractivity contribution in [1.29, 1.82) is 0 Å². The van der Waals surface area contributed by atoms with Crippen molar-refractivity contribution in [2.45, 2.75) is 18.3 Å². The number of halogens is 1. The Kier molecular flexibility index (Phi) is 1.82. The van der Waals surface area contributed by atoms with Gasteiger partial charge in [0.2, 0.25) is 0 Å². The third-order valence-corrected chi connectivity index (χ3v) is 3.63. The van der Waals surface area contributed by atoms with Gasteiger partial charge in [0, 0.05) is 17.3 Å². The van der Waals surface area contributed by atoms with Gasteiger partial charge < -0.3 is 5.73 Å². The van der Waals surface area contributed by atoms with Gasteiger partial charge in [-0.1, -0.05) is 23.7 Å². The van der Waals surface area contributed by atoms with Crippen molar-refractivity contribution in [3.05, 3.63) is 28.9 Å². The molecule has 0 bridgehead atoms. The molecule has 3 N–H and O–H groups in total. The first-order chi connectivity index (χ1) is 7.27. The van der Waals surface area contributed by atoms with Crippen LogP contribution in [0, 0.1) is 0 Å². The number of rotatable bonds is 2. The molecule has 1 aliphatic carbocycles. The van der Waals surface area contributed by atoms with E-state index in [0.717, 1.165) is 23.7 Å². The molecular weight excluding hydrogens is 210 g/mol. The number of H-pyrrole nitrogens is 1. The van der Waals surface area contributed by atoms with E-state index in [1.807, 2.05) is 12.1 Å². The Hall–Kier alpha value is -1.06. The number of aromatic amines is 1. The Morgan fingerprint density at radius 3 is 2.93 bits per heavy atom. The number of nitrogens with zero attached hydrogens (tertiary/aromatic N) is 1. The van der Waals surface area contributed by atoms with Crippen molar-refractivity contribution >= 4 is 22.5 Å². The van der Waals surface area contributed by atoms with Crippen LogP contribution in [-0.2, 0) is 5.41 Å². The number of nitrogens with two attached hydrogens (primary N) is 1. The summed E-state index contributed by atoms with van der Waals surface area (Å²) in [6.07, 6.45) is 2.31. The molecule has 1 fully saturated rings. The van der Waals surface area contributed by atoms with E-state index in [-0.39, 0.29) is 5.41 Å². The third-order valence-electron chi connectivity index (χ3n) is 3.35. The van der Waals surface area contributed by atoms with E-state index in [2.05, 4.69) is 16.3 Å². The fourth-order valence-corrected chi connectivity index (χ4v) is 2.45. The number of nitrogens with one attached hydrogen (secondary N) is 1. The summed E-state index contributed by atoms with van der Waals surface area (Å²) < 4.78 is 0. The first-order valence-corrected chi connectivity index (χ1v) is 5.48. The van der Waals surface area contributed by atoms with Crippen molar-refractivity contribution in [3.63, 3.8) is 0 Å². The zero-order valence-corrected chi connectivity index (χ0v) is 9.01. The van der Waals surface area contributed by atoms with Gasteiger partial charge in [0.05, 0.1) is 5.52 Å². The van der Waals surface area contributed by atoms with Crippen molar-refractivity contribution in [1.82, 2.24) is 10.2 Å². The molecule has 0 spiro atoms. The molecule has 1 heterocycles. The molecule has 0 radical (unpaired) electrons. The predicted octanol–water partition coefficient (Wildman–Crippen LogP) is 2.21. The summed E-state index contributed by atoms with van der Waals surface area (Å²) in [7, 11) is 0. The standard InChI is InChI=1S/C11H12ClN3/c12-10-9-7(11(6-13)4-5-11)2-1-3-8(9)14-15-10/h1-3H,4-6,13H2,(H,14,15). The number of fused-ring (bicyclic) bond motifs is 1. The largest absolute Gasteiger partial charge is 0.330 e. The lowest BCUT2D eigenvalue weighted by Crippen LogP contribution is -2.19. The molecule has 0 unspecified atom stereocenters. The van der Waals surface area contributed by atoms with Gasteiger partial charge in [-0.3, -0.25) is 5.10 Å². The molecule has 0 atom stereocenters. The molecular formula is C11H12ClN3. The first kappa shape index (κ1) is 9.19. The van der Waals surface area contributed by atoms with Gasteiger partial charge in [-0.2, -0.15) is 5.10 Å². The Morgan fingerprint density at radius 2 is 2.27 bits per heavy atom. The SMILES string of the molecule is NCC1(c2cccc3n[nH]c(Cl)c23)CC1. The maximum atomic E-state index is 6.11. The zero-order chi connectivity index (χ0) is 10.5. The lowest BCUT2D eigenvalue weighted by atomic mass is 9.93. The molecule has 2 aromatic rings. The van der Waals surface area contributed by atoms with Gasteiger partial charge in [0.25, 0.3) is 0 Å². The van der Waals surface area contributed by atoms with E-state index in [0.29, 0.717) is 11.7 Å². The van der Waals surface area contributed by atoms with Crippen LogP contribution in [0.3, 0.4) is 0 Å². The minimum Gasteiger partial charge on any atom is -0.330 e. The second kappa shape index (κ2) is 2.97. The van der Waals surface area contributed by atoms with Crippen LogP contribution in [0.15, 0.2) is 18.2 Å². The van der Waals surface area contributed by atoms with Crippen molar-refractivity contribution in [2.24, 2.45) is 5.73 Å². The van der Waals surface area contributed by atoms with Crippen molar-refractivity contribution < 1.29 is 0 Å². The molecule has 15 heavy (non-hydrogen) atoms. The summed E-state index contributed by atoms with van der Waals surface area (Å²) in [5.41, 5.74) is 8.18. The van der Waals surface area contributed by atoms with E-state index in [4.69, 9.17) is 17.3 Å². The van der Waals surface area contributed by atoms with Crippen LogP contribution >= 0.6 is 11.6 Å². The molecule has 1 aromatic carbocycles. The molecule has 1 aliphatic rings. The van der Waals surface area contributed by atoms with Crippen molar-refractivity contribution in [3.8, 4) is 0 Å². The van der Waals surface area contributed by atoms with Gasteiger partial charge in [0.15, 0.2) is 0 Å². The van der Waals surface area contributed by atoms with Crippen LogP contribution in [0.2, 0.25) is 5.15 Å². The van der Waals surface area contributed by atoms with E-state index in [9.17, 15) is 0 Å². The highest BCUT2D eigenvalue weighted by atomic mass is 35.5. The topological polar surface area (TPSA) is 54.7 Å². The average Bonchev–Trinajstić information content (AvgIpc) is 2.98. The van der Waals surface area contributed by atoms with E-state index in [1.165, 1.54) is 5.56 Å². The van der Waals surface area contributed by atoms with E-state index < -0.39 is 0 Å². The summed E-state index contributed by atoms with van der Waals surface area (Å²) >= 11 is 6.11. The lowest BCUT2D eigenvalue weighted by Gasteiger charge is -2.13. The number of benzene rings is 1. The van der Waals surface area contributed by atoms with Crippen LogP contribution in [0.5, 0.6) is 0 Å². The van der Waals surface area contributed by atoms with Gasteiger partial charge in [-0.25, -0.2) is 0 Å². The highest BCUT2D eigenvalue weighted by Crippen LogP contribution is 2.50. The molecule has 3 rings (SSSR count). The molecule has 1 saturated carbocycles. The lowest BCUT2D eigenvalue weighted by molar-refractivity contribution is 0.711. The molecule has 1 aromatic heterocycles. The second-order valence-corrected chi connectivity index (χ2v) is 4.60. The molecule has 4 heteroatoms. The summed E-state index contributed by atoms with van der Waals surface area (Å²) in [5, 5.41) is 8.64. The Balaban J connectivity index is 2.30. The monoisotopic (exact) mass is 221 g/mol. The van der Waals surface area contributed by atoms with Crippen LogP contribution in [0.25, 0.3) is 10.9 Å². The highest BCUT2D eigenvalue weighted by molar-refractivity contribution is 6.34. The molecule has 78 valence electrons. The maximum absolute atomic E-state index is 6.11. The molecule has 0 amide bonds. The minimum absolute atomic E-state index is 0.160. The normalized spacial score (nSPS) is 18.3. The maximum Gasteiger partial charge on any atom is 0.132 e. The number of hydrogen-bond donors (Lipinski definition) is 2. The summed E-state index contributed by atoms with van der Waals surface area (Å²) in [6.45, 7) is 0.688. The summed E-state index contributed by atoms with van der Waals surface area (Å²) in [4.78, 5) is 0. The third kappa shape index (κ3) is 1.20. The number of hydrogen-bond acceptors (Lipinski definition) is 2. The van der Waals surface area contributed by atoms with Gasteiger partial charge in [0.1, 0.15) is 5.15 Å². The Labute approximate surface area is 92.6 Å². The second-order valence-electron chi connectivity index (χ2n) is 4.22. The van der Waals surface area contributed by atoms with Gasteiger partial charge in [-0.05, 0) is 24.5 Å². The fraction of sp³-hybridized carbons (Fsp3) is 0.364. The number of aromatic nitrogens is 2. The molecule has 0 aliphatic heterocycles. The quantitative estimate of drug-likeness (QED) is 0.817. The van der Waals surface area contributed by atoms with E-state index >= 15 is 0 Å². The first-order valence-electron chi connectivity index (χ1n) is 5.10. The predicted molar refractivity (Wildman–Crippen MR) is 61.1 cm³/mol. The highest BCUT2D eigenvalue weighted by Gasteiger charge is 2.44. The smallest absolute Gasteiger partial charge is 0.132 e. The van der Waals surface area contributed by atoms with Gasteiger partial charge >= 0.3 is 0 Å². The van der Waals surface area contributed by atoms with Gasteiger partial charge in [-0.15, -0.1) is 0 Å². The Morgan fingerprint density at radius 1 is 1.47 bits per heavy atom. The summed E-state index contributed by atoms with van der Waals surface area (Å²) in [6, 6.07) is 6.10.